The van der Waals surface area contributed by atoms with Gasteiger partial charge in [0.25, 0.3) is 0 Å². The molecular formula is C13H14FN3S. The summed E-state index contributed by atoms with van der Waals surface area (Å²) >= 11 is 1.61. The summed E-state index contributed by atoms with van der Waals surface area (Å²) in [6.45, 7) is 1.96. The fourth-order valence-electron chi connectivity index (χ4n) is 2.27. The lowest BCUT2D eigenvalue weighted by Gasteiger charge is -2.28. The molecule has 1 aliphatic rings. The lowest BCUT2D eigenvalue weighted by molar-refractivity contribution is 0.627. The second-order valence-electron chi connectivity index (χ2n) is 4.31. The van der Waals surface area contributed by atoms with Gasteiger partial charge >= 0.3 is 0 Å². The maximum Gasteiger partial charge on any atom is 0.190 e. The minimum absolute atomic E-state index is 0.206. The van der Waals surface area contributed by atoms with Crippen LogP contribution in [-0.4, -0.2) is 24.1 Å². The predicted octanol–water partition coefficient (Wildman–Crippen LogP) is 2.78. The molecule has 0 bridgehead atoms. The van der Waals surface area contributed by atoms with E-state index >= 15 is 0 Å². The van der Waals surface area contributed by atoms with Crippen molar-refractivity contribution >= 4 is 22.2 Å². The molecule has 3 nitrogen and oxygen atoms in total. The van der Waals surface area contributed by atoms with E-state index in [4.69, 9.17) is 0 Å². The van der Waals surface area contributed by atoms with Crippen LogP contribution in [-0.2, 0) is 0 Å². The van der Waals surface area contributed by atoms with E-state index in [1.165, 1.54) is 12.1 Å². The highest BCUT2D eigenvalue weighted by molar-refractivity contribution is 7.13. The van der Waals surface area contributed by atoms with Gasteiger partial charge in [0.15, 0.2) is 5.13 Å². The monoisotopic (exact) mass is 263 g/mol. The number of benzene rings is 1. The number of nitrogens with zero attached hydrogens (tertiary/aromatic N) is 2. The summed E-state index contributed by atoms with van der Waals surface area (Å²) in [7, 11) is 0. The highest BCUT2D eigenvalue weighted by Crippen LogP contribution is 2.31. The maximum atomic E-state index is 13.0. The SMILES string of the molecule is Fc1ccc(N(c2nccs2)[C@H]2CCNC2)cc1. The van der Waals surface area contributed by atoms with E-state index in [-0.39, 0.29) is 5.82 Å². The van der Waals surface area contributed by atoms with Crippen molar-refractivity contribution in [1.29, 1.82) is 0 Å². The van der Waals surface area contributed by atoms with Crippen LogP contribution < -0.4 is 10.2 Å². The molecule has 1 fully saturated rings. The Morgan fingerprint density at radius 1 is 1.33 bits per heavy atom. The van der Waals surface area contributed by atoms with Crippen LogP contribution in [0.1, 0.15) is 6.42 Å². The van der Waals surface area contributed by atoms with E-state index in [9.17, 15) is 4.39 Å². The van der Waals surface area contributed by atoms with Gasteiger partial charge in [0.05, 0.1) is 6.04 Å². The van der Waals surface area contributed by atoms with Crippen molar-refractivity contribution in [3.05, 3.63) is 41.7 Å². The molecule has 0 spiro atoms. The summed E-state index contributed by atoms with van der Waals surface area (Å²) in [6, 6.07) is 7.02. The minimum Gasteiger partial charge on any atom is -0.315 e. The first kappa shape index (κ1) is 11.6. The Morgan fingerprint density at radius 3 is 2.78 bits per heavy atom. The van der Waals surface area contributed by atoms with Crippen LogP contribution in [0, 0.1) is 5.82 Å². The Balaban J connectivity index is 1.96. The van der Waals surface area contributed by atoms with Crippen LogP contribution in [0.3, 0.4) is 0 Å². The summed E-state index contributed by atoms with van der Waals surface area (Å²) in [5.74, 6) is -0.206. The van der Waals surface area contributed by atoms with Crippen LogP contribution in [0.15, 0.2) is 35.8 Å². The quantitative estimate of drug-likeness (QED) is 0.923. The highest BCUT2D eigenvalue weighted by atomic mass is 32.1. The molecule has 2 heterocycles. The van der Waals surface area contributed by atoms with Gasteiger partial charge in [-0.15, -0.1) is 11.3 Å². The van der Waals surface area contributed by atoms with Crippen molar-refractivity contribution in [2.75, 3.05) is 18.0 Å². The summed E-state index contributed by atoms with van der Waals surface area (Å²) in [4.78, 5) is 6.58. The van der Waals surface area contributed by atoms with Gasteiger partial charge in [0.1, 0.15) is 5.82 Å². The number of hydrogen-bond donors (Lipinski definition) is 1. The Labute approximate surface area is 109 Å². The molecule has 0 aliphatic carbocycles. The van der Waals surface area contributed by atoms with Crippen molar-refractivity contribution in [3.63, 3.8) is 0 Å². The van der Waals surface area contributed by atoms with Gasteiger partial charge in [-0.25, -0.2) is 9.37 Å². The number of rotatable bonds is 3. The van der Waals surface area contributed by atoms with Crippen LogP contribution >= 0.6 is 11.3 Å². The zero-order chi connectivity index (χ0) is 12.4. The van der Waals surface area contributed by atoms with Gasteiger partial charge in [-0.3, -0.25) is 0 Å². The van der Waals surface area contributed by atoms with Crippen molar-refractivity contribution in [1.82, 2.24) is 10.3 Å². The second-order valence-corrected chi connectivity index (χ2v) is 5.18. The first-order valence-electron chi connectivity index (χ1n) is 5.99. The fraction of sp³-hybridized carbons (Fsp3) is 0.308. The molecule has 5 heteroatoms. The third-order valence-electron chi connectivity index (χ3n) is 3.13. The van der Waals surface area contributed by atoms with Crippen molar-refractivity contribution < 1.29 is 4.39 Å². The Morgan fingerprint density at radius 2 is 2.17 bits per heavy atom. The molecule has 3 rings (SSSR count). The maximum absolute atomic E-state index is 13.0. The van der Waals surface area contributed by atoms with Crippen molar-refractivity contribution in [3.8, 4) is 0 Å². The molecule has 1 saturated heterocycles. The molecule has 1 aliphatic heterocycles. The molecule has 18 heavy (non-hydrogen) atoms. The number of halogens is 1. The van der Waals surface area contributed by atoms with E-state index in [2.05, 4.69) is 15.2 Å². The van der Waals surface area contributed by atoms with E-state index < -0.39 is 0 Å². The summed E-state index contributed by atoms with van der Waals surface area (Å²) in [6.07, 6.45) is 2.88. The smallest absolute Gasteiger partial charge is 0.190 e. The minimum atomic E-state index is -0.206. The van der Waals surface area contributed by atoms with Crippen LogP contribution in [0.25, 0.3) is 0 Å². The molecule has 1 N–H and O–H groups in total. The largest absolute Gasteiger partial charge is 0.315 e. The number of hydrogen-bond acceptors (Lipinski definition) is 4. The average Bonchev–Trinajstić information content (AvgIpc) is 3.06. The normalized spacial score (nSPS) is 19.1. The van der Waals surface area contributed by atoms with Gasteiger partial charge < -0.3 is 10.2 Å². The lowest BCUT2D eigenvalue weighted by Crippen LogP contribution is -2.32. The summed E-state index contributed by atoms with van der Waals surface area (Å²) in [5, 5.41) is 6.29. The molecule has 94 valence electrons. The molecule has 1 aromatic heterocycles. The topological polar surface area (TPSA) is 28.2 Å². The van der Waals surface area contributed by atoms with E-state index in [0.29, 0.717) is 6.04 Å². The van der Waals surface area contributed by atoms with Gasteiger partial charge in [-0.2, -0.15) is 0 Å². The van der Waals surface area contributed by atoms with E-state index in [1.54, 1.807) is 17.5 Å². The molecule has 0 amide bonds. The average molecular weight is 263 g/mol. The third kappa shape index (κ3) is 2.23. The second kappa shape index (κ2) is 5.04. The molecule has 0 unspecified atom stereocenters. The number of nitrogens with one attached hydrogen (secondary N) is 1. The van der Waals surface area contributed by atoms with Gasteiger partial charge in [-0.1, -0.05) is 0 Å². The van der Waals surface area contributed by atoms with Gasteiger partial charge in [0.2, 0.25) is 0 Å². The zero-order valence-corrected chi connectivity index (χ0v) is 10.7. The Kier molecular flexibility index (Phi) is 3.25. The van der Waals surface area contributed by atoms with Crippen LogP contribution in [0.4, 0.5) is 15.2 Å². The summed E-state index contributed by atoms with van der Waals surface area (Å²) < 4.78 is 13.0. The third-order valence-corrected chi connectivity index (χ3v) is 3.90. The van der Waals surface area contributed by atoms with E-state index in [0.717, 1.165) is 30.3 Å². The van der Waals surface area contributed by atoms with Crippen molar-refractivity contribution in [2.24, 2.45) is 0 Å². The Bertz CT molecular complexity index is 491. The molecule has 0 radical (unpaired) electrons. The number of anilines is 2. The number of aromatic nitrogens is 1. The zero-order valence-electron chi connectivity index (χ0n) is 9.84. The van der Waals surface area contributed by atoms with E-state index in [1.807, 2.05) is 17.5 Å². The number of thiazole rings is 1. The molecule has 2 aromatic rings. The van der Waals surface area contributed by atoms with Gasteiger partial charge in [-0.05, 0) is 37.2 Å². The Hall–Kier alpha value is -1.46. The van der Waals surface area contributed by atoms with Gasteiger partial charge in [0, 0.05) is 23.8 Å². The summed E-state index contributed by atoms with van der Waals surface area (Å²) in [5.41, 5.74) is 1.00. The first-order valence-corrected chi connectivity index (χ1v) is 6.87. The van der Waals surface area contributed by atoms with Crippen LogP contribution in [0.2, 0.25) is 0 Å². The molecule has 0 saturated carbocycles. The fourth-order valence-corrected chi connectivity index (χ4v) is 3.01. The lowest BCUT2D eigenvalue weighted by atomic mass is 10.2. The standard InChI is InChI=1S/C13H14FN3S/c14-10-1-3-11(4-2-10)17(12-5-6-15-9-12)13-16-7-8-18-13/h1-4,7-8,12,15H,5-6,9H2/t12-/m0/s1. The predicted molar refractivity (Wildman–Crippen MR) is 71.9 cm³/mol. The molecule has 1 atom stereocenters. The van der Waals surface area contributed by atoms with Crippen LogP contribution in [0.5, 0.6) is 0 Å². The molecular weight excluding hydrogens is 249 g/mol. The van der Waals surface area contributed by atoms with Crippen molar-refractivity contribution in [2.45, 2.75) is 12.5 Å². The first-order chi connectivity index (χ1) is 8.84. The highest BCUT2D eigenvalue weighted by Gasteiger charge is 2.25. The molecule has 1 aromatic carbocycles.